The van der Waals surface area contributed by atoms with Crippen LogP contribution in [0.2, 0.25) is 0 Å². The summed E-state index contributed by atoms with van der Waals surface area (Å²) in [6, 6.07) is 3.46. The molecule has 23 heavy (non-hydrogen) atoms. The summed E-state index contributed by atoms with van der Waals surface area (Å²) in [5.41, 5.74) is -0.396. The highest BCUT2D eigenvalue weighted by molar-refractivity contribution is 6.05. The maximum Gasteiger partial charge on any atom is 0.356 e. The van der Waals surface area contributed by atoms with Gasteiger partial charge >= 0.3 is 11.9 Å². The van der Waals surface area contributed by atoms with Crippen LogP contribution in [0.15, 0.2) is 23.3 Å². The van der Waals surface area contributed by atoms with Gasteiger partial charge in [0.1, 0.15) is 23.3 Å². The number of nitrogens with zero attached hydrogens (tertiary/aromatic N) is 2. The van der Waals surface area contributed by atoms with Gasteiger partial charge in [-0.05, 0) is 19.3 Å². The number of carbonyl (C=O) groups excluding carboxylic acids is 2. The van der Waals surface area contributed by atoms with Crippen LogP contribution >= 0.6 is 0 Å². The van der Waals surface area contributed by atoms with Crippen LogP contribution in [0.4, 0.5) is 0 Å². The first kappa shape index (κ1) is 20.6. The minimum Gasteiger partial charge on any atom is -0.385 e. The Hall–Kier alpha value is -2.40. The lowest BCUT2D eigenvalue weighted by Gasteiger charge is -2.01. The first-order valence-corrected chi connectivity index (χ1v) is 8.07. The van der Waals surface area contributed by atoms with Gasteiger partial charge in [0.2, 0.25) is 0 Å². The molecule has 0 heterocycles. The third-order valence-corrected chi connectivity index (χ3v) is 3.18. The number of unbranched alkanes of at least 4 members (excludes halogenated alkanes) is 6. The SMILES string of the molecule is CCCCC=C(C#N)C(=O)OC(=O)C(C#N)=CCCCCCC. The van der Waals surface area contributed by atoms with E-state index in [9.17, 15) is 9.59 Å². The van der Waals surface area contributed by atoms with Gasteiger partial charge in [-0.3, -0.25) is 0 Å². The molecule has 0 aromatic carbocycles. The van der Waals surface area contributed by atoms with Crippen LogP contribution in [-0.4, -0.2) is 11.9 Å². The van der Waals surface area contributed by atoms with Crippen LogP contribution in [0.1, 0.15) is 65.2 Å². The molecule has 0 saturated heterocycles. The Morgan fingerprint density at radius 3 is 1.74 bits per heavy atom. The summed E-state index contributed by atoms with van der Waals surface area (Å²) in [5.74, 6) is -2.00. The third-order valence-electron chi connectivity index (χ3n) is 3.18. The summed E-state index contributed by atoms with van der Waals surface area (Å²) in [6.45, 7) is 4.09. The lowest BCUT2D eigenvalue weighted by atomic mass is 10.1. The number of hydrogen-bond acceptors (Lipinski definition) is 5. The fourth-order valence-corrected chi connectivity index (χ4v) is 1.81. The Bertz CT molecular complexity index is 533. The minimum atomic E-state index is -0.999. The lowest BCUT2D eigenvalue weighted by Crippen LogP contribution is -2.15. The zero-order valence-electron chi connectivity index (χ0n) is 13.9. The molecule has 0 radical (unpaired) electrons. The fraction of sp³-hybridized carbons (Fsp3) is 0.556. The zero-order chi connectivity index (χ0) is 17.5. The molecule has 0 amide bonds. The maximum absolute atomic E-state index is 11.8. The van der Waals surface area contributed by atoms with E-state index >= 15 is 0 Å². The van der Waals surface area contributed by atoms with Crippen LogP contribution in [0.25, 0.3) is 0 Å². The van der Waals surface area contributed by atoms with Crippen molar-refractivity contribution in [3.05, 3.63) is 23.3 Å². The topological polar surface area (TPSA) is 90.9 Å². The normalized spacial score (nSPS) is 11.5. The van der Waals surface area contributed by atoms with Crippen molar-refractivity contribution in [2.75, 3.05) is 0 Å². The van der Waals surface area contributed by atoms with E-state index < -0.39 is 11.9 Å². The summed E-state index contributed by atoms with van der Waals surface area (Å²) in [4.78, 5) is 23.5. The summed E-state index contributed by atoms with van der Waals surface area (Å²) in [6.07, 6.45) is 9.98. The number of rotatable bonds is 10. The van der Waals surface area contributed by atoms with Crippen molar-refractivity contribution < 1.29 is 14.3 Å². The van der Waals surface area contributed by atoms with E-state index in [-0.39, 0.29) is 11.1 Å². The van der Waals surface area contributed by atoms with E-state index in [1.54, 1.807) is 12.1 Å². The third kappa shape index (κ3) is 9.26. The first-order valence-electron chi connectivity index (χ1n) is 8.07. The molecule has 0 N–H and O–H groups in total. The molecular weight excluding hydrogens is 292 g/mol. The second kappa shape index (κ2) is 13.3. The number of esters is 2. The van der Waals surface area contributed by atoms with Gasteiger partial charge in [-0.15, -0.1) is 0 Å². The van der Waals surface area contributed by atoms with Crippen molar-refractivity contribution in [2.45, 2.75) is 65.2 Å². The first-order chi connectivity index (χ1) is 11.1. The predicted molar refractivity (Wildman–Crippen MR) is 86.8 cm³/mol. The molecule has 0 aromatic rings. The van der Waals surface area contributed by atoms with E-state index in [0.29, 0.717) is 12.8 Å². The molecule has 0 aromatic heterocycles. The van der Waals surface area contributed by atoms with Gasteiger partial charge in [-0.25, -0.2) is 9.59 Å². The van der Waals surface area contributed by atoms with Gasteiger partial charge in [-0.2, -0.15) is 10.5 Å². The molecule has 0 spiro atoms. The van der Waals surface area contributed by atoms with Gasteiger partial charge in [0.05, 0.1) is 0 Å². The van der Waals surface area contributed by atoms with Crippen LogP contribution < -0.4 is 0 Å². The monoisotopic (exact) mass is 316 g/mol. The molecule has 0 bridgehead atoms. The van der Waals surface area contributed by atoms with Gasteiger partial charge in [0, 0.05) is 0 Å². The summed E-state index contributed by atoms with van der Waals surface area (Å²) < 4.78 is 4.61. The summed E-state index contributed by atoms with van der Waals surface area (Å²) in [7, 11) is 0. The fourth-order valence-electron chi connectivity index (χ4n) is 1.81. The van der Waals surface area contributed by atoms with E-state index in [1.807, 2.05) is 6.92 Å². The van der Waals surface area contributed by atoms with Crippen molar-refractivity contribution in [2.24, 2.45) is 0 Å². The quantitative estimate of drug-likeness (QED) is 0.199. The summed E-state index contributed by atoms with van der Waals surface area (Å²) >= 11 is 0. The summed E-state index contributed by atoms with van der Waals surface area (Å²) in [5, 5.41) is 17.9. The highest BCUT2D eigenvalue weighted by atomic mass is 16.6. The molecule has 0 aliphatic rings. The van der Waals surface area contributed by atoms with Gasteiger partial charge in [0.25, 0.3) is 0 Å². The standard InChI is InChI=1S/C18H24N2O3/c1-3-5-7-8-10-12-16(14-20)18(22)23-17(21)15(13-19)11-9-6-4-2/h11-12H,3-10H2,1-2H3. The Morgan fingerprint density at radius 1 is 0.826 bits per heavy atom. The molecule has 124 valence electrons. The van der Waals surface area contributed by atoms with Gasteiger partial charge in [-0.1, -0.05) is 58.1 Å². The maximum atomic E-state index is 11.8. The van der Waals surface area contributed by atoms with Crippen molar-refractivity contribution in [1.82, 2.24) is 0 Å². The molecule has 0 saturated carbocycles. The highest BCUT2D eigenvalue weighted by Crippen LogP contribution is 2.08. The minimum absolute atomic E-state index is 0.194. The smallest absolute Gasteiger partial charge is 0.356 e. The van der Waals surface area contributed by atoms with Crippen LogP contribution in [-0.2, 0) is 14.3 Å². The van der Waals surface area contributed by atoms with Crippen molar-refractivity contribution in [3.8, 4) is 12.1 Å². The van der Waals surface area contributed by atoms with Gasteiger partial charge in [0.15, 0.2) is 0 Å². The molecule has 0 unspecified atom stereocenters. The van der Waals surface area contributed by atoms with E-state index in [2.05, 4.69) is 11.7 Å². The van der Waals surface area contributed by atoms with Crippen molar-refractivity contribution >= 4 is 11.9 Å². The zero-order valence-corrected chi connectivity index (χ0v) is 13.9. The molecule has 0 rings (SSSR count). The van der Waals surface area contributed by atoms with Gasteiger partial charge < -0.3 is 4.74 Å². The average Bonchev–Trinajstić information content (AvgIpc) is 2.54. The van der Waals surface area contributed by atoms with Crippen molar-refractivity contribution in [3.63, 3.8) is 0 Å². The van der Waals surface area contributed by atoms with E-state index in [0.717, 1.165) is 38.5 Å². The molecular formula is C18H24N2O3. The van der Waals surface area contributed by atoms with Crippen LogP contribution in [0.5, 0.6) is 0 Å². The molecule has 5 heteroatoms. The highest BCUT2D eigenvalue weighted by Gasteiger charge is 2.18. The Kier molecular flexibility index (Phi) is 11.9. The number of allylic oxidation sites excluding steroid dienone is 2. The molecule has 0 aliphatic carbocycles. The number of nitriles is 2. The largest absolute Gasteiger partial charge is 0.385 e. The number of ether oxygens (including phenoxy) is 1. The second-order valence-electron chi connectivity index (χ2n) is 5.13. The Morgan fingerprint density at radius 2 is 1.30 bits per heavy atom. The molecule has 5 nitrogen and oxygen atoms in total. The molecule has 0 aliphatic heterocycles. The predicted octanol–water partition coefficient (Wildman–Crippen LogP) is 4.12. The van der Waals surface area contributed by atoms with Crippen molar-refractivity contribution in [1.29, 1.82) is 10.5 Å². The lowest BCUT2D eigenvalue weighted by molar-refractivity contribution is -0.153. The van der Waals surface area contributed by atoms with E-state index in [4.69, 9.17) is 10.5 Å². The van der Waals surface area contributed by atoms with E-state index in [1.165, 1.54) is 12.2 Å². The number of carbonyl (C=O) groups is 2. The Labute approximate surface area is 138 Å². The molecule has 0 fully saturated rings. The van der Waals surface area contributed by atoms with Crippen LogP contribution in [0.3, 0.4) is 0 Å². The number of hydrogen-bond donors (Lipinski definition) is 0. The van der Waals surface area contributed by atoms with Crippen LogP contribution in [0, 0.1) is 22.7 Å². The average molecular weight is 316 g/mol. The second-order valence-corrected chi connectivity index (χ2v) is 5.13. The molecule has 0 atom stereocenters. The Balaban J connectivity index is 4.60.